The first-order chi connectivity index (χ1) is 13.0. The van der Waals surface area contributed by atoms with E-state index in [4.69, 9.17) is 4.74 Å². The first-order valence-electron chi connectivity index (χ1n) is 8.99. The number of aromatic amines is 1. The Morgan fingerprint density at radius 1 is 1.15 bits per heavy atom. The second-order valence-corrected chi connectivity index (χ2v) is 7.29. The van der Waals surface area contributed by atoms with Gasteiger partial charge in [0, 0.05) is 11.3 Å². The molecule has 0 unspecified atom stereocenters. The van der Waals surface area contributed by atoms with Gasteiger partial charge in [-0.2, -0.15) is 5.10 Å². The molecule has 0 aliphatic carbocycles. The summed E-state index contributed by atoms with van der Waals surface area (Å²) in [4.78, 5) is 12.4. The Balaban J connectivity index is 1.46. The number of nitrogens with zero attached hydrogens (tertiary/aromatic N) is 1. The standard InChI is InChI=1S/C21H22N4O2/c1-21(2)11-10-15-12-16(8-9-18(15)27-21)23-20(26)24-17-13-22-25-19(17)14-6-4-3-5-7-14/h3-9,12-13H,10-11H2,1-2H3,(H,22,25)(H2,23,24,26). The van der Waals surface area contributed by atoms with Crippen molar-refractivity contribution in [3.63, 3.8) is 0 Å². The van der Waals surface area contributed by atoms with Crippen molar-refractivity contribution in [1.29, 1.82) is 0 Å². The molecule has 4 rings (SSSR count). The Bertz CT molecular complexity index is 963. The number of hydrogen-bond donors (Lipinski definition) is 3. The number of ether oxygens (including phenoxy) is 1. The van der Waals surface area contributed by atoms with E-state index in [0.29, 0.717) is 5.69 Å². The topological polar surface area (TPSA) is 79.0 Å². The molecule has 27 heavy (non-hydrogen) atoms. The zero-order chi connectivity index (χ0) is 18.9. The van der Waals surface area contributed by atoms with E-state index in [1.54, 1.807) is 6.20 Å². The average molecular weight is 362 g/mol. The van der Waals surface area contributed by atoms with E-state index in [2.05, 4.69) is 34.7 Å². The second-order valence-electron chi connectivity index (χ2n) is 7.29. The molecule has 1 aromatic heterocycles. The quantitative estimate of drug-likeness (QED) is 0.625. The van der Waals surface area contributed by atoms with Crippen LogP contribution >= 0.6 is 0 Å². The Hall–Kier alpha value is -3.28. The van der Waals surface area contributed by atoms with Gasteiger partial charge >= 0.3 is 6.03 Å². The van der Waals surface area contributed by atoms with Crippen LogP contribution in [-0.4, -0.2) is 21.8 Å². The van der Waals surface area contributed by atoms with Crippen LogP contribution in [0.4, 0.5) is 16.2 Å². The van der Waals surface area contributed by atoms with Gasteiger partial charge in [-0.25, -0.2) is 4.79 Å². The molecule has 138 valence electrons. The highest BCUT2D eigenvalue weighted by Gasteiger charge is 2.26. The molecule has 6 heteroatoms. The number of fused-ring (bicyclic) bond motifs is 1. The molecule has 0 atom stereocenters. The summed E-state index contributed by atoms with van der Waals surface area (Å²) in [6.07, 6.45) is 3.48. The summed E-state index contributed by atoms with van der Waals surface area (Å²) < 4.78 is 5.99. The summed E-state index contributed by atoms with van der Waals surface area (Å²) in [7, 11) is 0. The molecule has 2 heterocycles. The number of hydrogen-bond acceptors (Lipinski definition) is 3. The van der Waals surface area contributed by atoms with Gasteiger partial charge in [0.25, 0.3) is 0 Å². The van der Waals surface area contributed by atoms with Crippen molar-refractivity contribution < 1.29 is 9.53 Å². The molecule has 3 N–H and O–H groups in total. The van der Waals surface area contributed by atoms with Crippen molar-refractivity contribution >= 4 is 17.4 Å². The van der Waals surface area contributed by atoms with Crippen LogP contribution in [0, 0.1) is 0 Å². The van der Waals surface area contributed by atoms with Crippen molar-refractivity contribution in [3.8, 4) is 17.0 Å². The molecule has 1 aliphatic rings. The molecule has 6 nitrogen and oxygen atoms in total. The van der Waals surface area contributed by atoms with E-state index >= 15 is 0 Å². The molecule has 0 spiro atoms. The SMILES string of the molecule is CC1(C)CCc2cc(NC(=O)Nc3cn[nH]c3-c3ccccc3)ccc2O1. The van der Waals surface area contributed by atoms with Gasteiger partial charge < -0.3 is 15.4 Å². The molecule has 0 saturated carbocycles. The fraction of sp³-hybridized carbons (Fsp3) is 0.238. The fourth-order valence-corrected chi connectivity index (χ4v) is 3.23. The number of aryl methyl sites for hydroxylation is 1. The highest BCUT2D eigenvalue weighted by molar-refractivity contribution is 6.01. The predicted octanol–water partition coefficient (Wildman–Crippen LogP) is 4.82. The van der Waals surface area contributed by atoms with E-state index in [-0.39, 0.29) is 11.6 Å². The van der Waals surface area contributed by atoms with Gasteiger partial charge in [0.2, 0.25) is 0 Å². The lowest BCUT2D eigenvalue weighted by Crippen LogP contribution is -2.32. The van der Waals surface area contributed by atoms with Crippen LogP contribution in [0.2, 0.25) is 0 Å². The second kappa shape index (κ2) is 6.79. The van der Waals surface area contributed by atoms with Gasteiger partial charge in [-0.1, -0.05) is 30.3 Å². The number of rotatable bonds is 3. The summed E-state index contributed by atoms with van der Waals surface area (Å²) in [5.41, 5.74) is 4.06. The Morgan fingerprint density at radius 3 is 2.78 bits per heavy atom. The lowest BCUT2D eigenvalue weighted by atomic mass is 9.94. The van der Waals surface area contributed by atoms with Crippen molar-refractivity contribution in [3.05, 3.63) is 60.3 Å². The van der Waals surface area contributed by atoms with Crippen molar-refractivity contribution in [2.45, 2.75) is 32.3 Å². The molecule has 3 aromatic rings. The maximum Gasteiger partial charge on any atom is 0.323 e. The van der Waals surface area contributed by atoms with Gasteiger partial charge in [-0.15, -0.1) is 0 Å². The van der Waals surface area contributed by atoms with E-state index in [1.807, 2.05) is 48.5 Å². The van der Waals surface area contributed by atoms with Gasteiger partial charge in [0.1, 0.15) is 11.4 Å². The number of H-pyrrole nitrogens is 1. The van der Waals surface area contributed by atoms with E-state index in [1.165, 1.54) is 0 Å². The third-order valence-corrected chi connectivity index (χ3v) is 4.65. The van der Waals surface area contributed by atoms with Gasteiger partial charge in [0.05, 0.1) is 17.6 Å². The third-order valence-electron chi connectivity index (χ3n) is 4.65. The maximum absolute atomic E-state index is 12.4. The number of carbonyl (C=O) groups is 1. The third kappa shape index (κ3) is 3.79. The van der Waals surface area contributed by atoms with E-state index < -0.39 is 0 Å². The van der Waals surface area contributed by atoms with Gasteiger partial charge in [-0.05, 0) is 50.5 Å². The van der Waals surface area contributed by atoms with E-state index in [0.717, 1.165) is 41.1 Å². The molecule has 2 amide bonds. The number of anilines is 2. The molecule has 1 aliphatic heterocycles. The minimum atomic E-state index is -0.314. The molecular weight excluding hydrogens is 340 g/mol. The smallest absolute Gasteiger partial charge is 0.323 e. The minimum Gasteiger partial charge on any atom is -0.488 e. The van der Waals surface area contributed by atoms with Crippen LogP contribution in [0.25, 0.3) is 11.3 Å². The van der Waals surface area contributed by atoms with Gasteiger partial charge in [0.15, 0.2) is 0 Å². The first kappa shape index (κ1) is 17.1. The Morgan fingerprint density at radius 2 is 1.96 bits per heavy atom. The van der Waals surface area contributed by atoms with Crippen molar-refractivity contribution in [1.82, 2.24) is 10.2 Å². The summed E-state index contributed by atoms with van der Waals surface area (Å²) >= 11 is 0. The summed E-state index contributed by atoms with van der Waals surface area (Å²) in [5.74, 6) is 0.887. The largest absolute Gasteiger partial charge is 0.488 e. The highest BCUT2D eigenvalue weighted by Crippen LogP contribution is 2.34. The Kier molecular flexibility index (Phi) is 4.32. The van der Waals surface area contributed by atoms with Crippen LogP contribution in [0.3, 0.4) is 0 Å². The van der Waals surface area contributed by atoms with Crippen molar-refractivity contribution in [2.24, 2.45) is 0 Å². The number of amides is 2. The van der Waals surface area contributed by atoms with Crippen LogP contribution in [0.5, 0.6) is 5.75 Å². The predicted molar refractivity (Wildman–Crippen MR) is 106 cm³/mol. The molecule has 0 radical (unpaired) electrons. The van der Waals surface area contributed by atoms with E-state index in [9.17, 15) is 4.79 Å². The number of benzene rings is 2. The average Bonchev–Trinajstić information content (AvgIpc) is 3.10. The van der Waals surface area contributed by atoms with Crippen LogP contribution in [0.15, 0.2) is 54.7 Å². The van der Waals surface area contributed by atoms with Crippen LogP contribution in [0.1, 0.15) is 25.8 Å². The number of carbonyl (C=O) groups excluding carboxylic acids is 1. The lowest BCUT2D eigenvalue weighted by Gasteiger charge is -2.32. The number of urea groups is 1. The molecule has 0 fully saturated rings. The summed E-state index contributed by atoms with van der Waals surface area (Å²) in [6.45, 7) is 4.18. The zero-order valence-electron chi connectivity index (χ0n) is 15.4. The maximum atomic E-state index is 12.4. The van der Waals surface area contributed by atoms with Crippen LogP contribution < -0.4 is 15.4 Å². The summed E-state index contributed by atoms with van der Waals surface area (Å²) in [5, 5.41) is 12.7. The van der Waals surface area contributed by atoms with Crippen molar-refractivity contribution in [2.75, 3.05) is 10.6 Å². The van der Waals surface area contributed by atoms with Crippen LogP contribution in [-0.2, 0) is 6.42 Å². The van der Waals surface area contributed by atoms with Gasteiger partial charge in [-0.3, -0.25) is 5.10 Å². The minimum absolute atomic E-state index is 0.144. The molecular formula is C21H22N4O2. The summed E-state index contributed by atoms with van der Waals surface area (Å²) in [6, 6.07) is 15.2. The molecule has 0 bridgehead atoms. The molecule has 2 aromatic carbocycles. The number of aromatic nitrogens is 2. The fourth-order valence-electron chi connectivity index (χ4n) is 3.23. The lowest BCUT2D eigenvalue weighted by molar-refractivity contribution is 0.0847. The normalized spacial score (nSPS) is 14.7. The molecule has 0 saturated heterocycles. The first-order valence-corrected chi connectivity index (χ1v) is 8.99. The number of nitrogens with one attached hydrogen (secondary N) is 3. The monoisotopic (exact) mass is 362 g/mol. The Labute approximate surface area is 158 Å². The highest BCUT2D eigenvalue weighted by atomic mass is 16.5. The zero-order valence-corrected chi connectivity index (χ0v) is 15.4.